The number of aliphatic hydroxyl groups excluding tert-OH is 1. The molecule has 0 bridgehead atoms. The van der Waals surface area contributed by atoms with Gasteiger partial charge >= 0.3 is 0 Å². The average Bonchev–Trinajstić information content (AvgIpc) is 2.86. The van der Waals surface area contributed by atoms with Crippen molar-refractivity contribution in [1.82, 2.24) is 40.3 Å². The molecule has 26 heteroatoms. The first-order chi connectivity index (χ1) is 42.7. The number of ether oxygens (including phenoxy) is 5. The second kappa shape index (κ2) is 32.5. The standard InChI is InChI=1S/C63H86ClN11O12S2/c1-42(2)89(81,82)54-11-9-8-10-51(54)68-59-49(64)39-66-62(71-59)69-50-17-16-47(36-53(50)83-7)72-22-18-46(19-23-72)73-24-26-74(27-25-73)56(78)21-29-85-31-33-87-35-34-86-32-30-84-28-20-55(77)70-58(63(4,5)6)61(80)75-40-48(76)37-52(75)60(79)65-38-44-12-14-45(15-13-44)57-43(3)67-41-88-57/h8-17,36,39,41-42,46,48,52,58,76H,18-35,37-38,40H2,1-7H3,(H,65,79)(H,70,77)(H2,66,68,69,71)/t48-,52+,58-/m1/s1. The van der Waals surface area contributed by atoms with Gasteiger partial charge in [0.1, 0.15) is 22.9 Å². The lowest BCUT2D eigenvalue weighted by molar-refractivity contribution is -0.144. The summed E-state index contributed by atoms with van der Waals surface area (Å²) in [7, 11) is -1.97. The van der Waals surface area contributed by atoms with E-state index in [1.807, 2.05) is 80.6 Å². The maximum Gasteiger partial charge on any atom is 0.246 e. The van der Waals surface area contributed by atoms with Crippen LogP contribution in [0.25, 0.3) is 10.4 Å². The van der Waals surface area contributed by atoms with Crippen LogP contribution in [0.1, 0.15) is 78.0 Å². The number of anilines is 5. The van der Waals surface area contributed by atoms with Crippen LogP contribution in [-0.4, -0.2) is 202 Å². The molecule has 5 N–H and O–H groups in total. The summed E-state index contributed by atoms with van der Waals surface area (Å²) in [5.41, 5.74) is 6.06. The van der Waals surface area contributed by atoms with E-state index in [4.69, 9.17) is 35.3 Å². The van der Waals surface area contributed by atoms with Crippen molar-refractivity contribution < 1.29 is 56.4 Å². The van der Waals surface area contributed by atoms with Gasteiger partial charge in [0.2, 0.25) is 29.6 Å². The highest BCUT2D eigenvalue weighted by Gasteiger charge is 2.44. The number of aromatic nitrogens is 3. The predicted molar refractivity (Wildman–Crippen MR) is 343 cm³/mol. The summed E-state index contributed by atoms with van der Waals surface area (Å²) in [4.78, 5) is 76.3. The number of carbonyl (C=O) groups excluding carboxylic acids is 4. The zero-order valence-corrected chi connectivity index (χ0v) is 54.4. The number of piperidine rings is 1. The molecule has 0 saturated carbocycles. The van der Waals surface area contributed by atoms with Crippen molar-refractivity contribution in [3.05, 3.63) is 94.7 Å². The topological polar surface area (TPSA) is 269 Å². The largest absolute Gasteiger partial charge is 0.494 e. The van der Waals surface area contributed by atoms with Gasteiger partial charge in [-0.15, -0.1) is 11.3 Å². The molecule has 23 nitrogen and oxygen atoms in total. The van der Waals surface area contributed by atoms with Crippen LogP contribution in [-0.2, 0) is 54.5 Å². The van der Waals surface area contributed by atoms with E-state index in [-0.39, 0.29) is 78.6 Å². The number of piperazine rings is 1. The van der Waals surface area contributed by atoms with Crippen molar-refractivity contribution in [2.24, 2.45) is 5.41 Å². The van der Waals surface area contributed by atoms with E-state index in [1.165, 1.54) is 11.1 Å². The summed E-state index contributed by atoms with van der Waals surface area (Å²) < 4.78 is 54.5. The minimum Gasteiger partial charge on any atom is -0.494 e. The van der Waals surface area contributed by atoms with E-state index in [9.17, 15) is 32.7 Å². The number of sulfone groups is 1. The Bertz CT molecular complexity index is 3260. The number of hydrogen-bond acceptors (Lipinski definition) is 20. The van der Waals surface area contributed by atoms with E-state index in [2.05, 4.69) is 46.0 Å². The molecule has 3 aliphatic rings. The van der Waals surface area contributed by atoms with Crippen molar-refractivity contribution in [2.45, 2.75) is 115 Å². The van der Waals surface area contributed by atoms with Crippen molar-refractivity contribution in [1.29, 1.82) is 0 Å². The van der Waals surface area contributed by atoms with E-state index >= 15 is 0 Å². The smallest absolute Gasteiger partial charge is 0.246 e. The minimum atomic E-state index is -3.58. The van der Waals surface area contributed by atoms with Crippen molar-refractivity contribution in [2.75, 3.05) is 121 Å². The number of nitrogens with zero attached hydrogens (tertiary/aromatic N) is 7. The third kappa shape index (κ3) is 19.0. The summed E-state index contributed by atoms with van der Waals surface area (Å²) in [5, 5.41) is 22.3. The molecule has 0 radical (unpaired) electrons. The molecule has 3 atom stereocenters. The van der Waals surface area contributed by atoms with Crippen LogP contribution >= 0.6 is 22.9 Å². The third-order valence-electron chi connectivity index (χ3n) is 16.0. The number of methoxy groups -OCH3 is 1. The summed E-state index contributed by atoms with van der Waals surface area (Å²) in [6.45, 7) is 18.1. The Morgan fingerprint density at radius 1 is 0.809 bits per heavy atom. The van der Waals surface area contributed by atoms with Crippen LogP contribution in [0.2, 0.25) is 5.02 Å². The molecular weight excluding hydrogens is 1200 g/mol. The zero-order chi connectivity index (χ0) is 63.7. The lowest BCUT2D eigenvalue weighted by atomic mass is 9.85. The first-order valence-corrected chi connectivity index (χ1v) is 33.2. The maximum atomic E-state index is 14.0. The number of hydrogen-bond donors (Lipinski definition) is 5. The monoisotopic (exact) mass is 1290 g/mol. The third-order valence-corrected chi connectivity index (χ3v) is 19.5. The number of benzene rings is 3. The molecule has 3 aliphatic heterocycles. The Kier molecular flexibility index (Phi) is 24.9. The number of thiazole rings is 1. The van der Waals surface area contributed by atoms with Gasteiger partial charge in [0, 0.05) is 83.0 Å². The molecule has 3 fully saturated rings. The Morgan fingerprint density at radius 3 is 2.09 bits per heavy atom. The number of amides is 4. The van der Waals surface area contributed by atoms with E-state index < -0.39 is 44.6 Å². The number of β-amino-alcohol motifs (C(OH)–C–C–N with tert-alkyl or cyclic N) is 1. The predicted octanol–water partition coefficient (Wildman–Crippen LogP) is 7.01. The van der Waals surface area contributed by atoms with Gasteiger partial charge in [-0.05, 0) is 74.4 Å². The van der Waals surface area contributed by atoms with Crippen LogP contribution < -0.4 is 30.9 Å². The molecule has 0 aliphatic carbocycles. The fourth-order valence-corrected chi connectivity index (χ4v) is 13.0. The molecule has 5 aromatic rings. The molecule has 2 aromatic heterocycles. The molecule has 3 saturated heterocycles. The van der Waals surface area contributed by atoms with E-state index in [0.29, 0.717) is 82.3 Å². The molecule has 5 heterocycles. The van der Waals surface area contributed by atoms with E-state index in [0.717, 1.165) is 66.4 Å². The van der Waals surface area contributed by atoms with Crippen LogP contribution in [0.4, 0.5) is 28.8 Å². The molecule has 0 unspecified atom stereocenters. The zero-order valence-electron chi connectivity index (χ0n) is 52.0. The lowest BCUT2D eigenvalue weighted by Crippen LogP contribution is -2.57. The molecule has 0 spiro atoms. The number of rotatable bonds is 30. The van der Waals surface area contributed by atoms with Gasteiger partial charge in [-0.3, -0.25) is 24.1 Å². The van der Waals surface area contributed by atoms with Crippen LogP contribution in [0.5, 0.6) is 5.75 Å². The normalized spacial score (nSPS) is 17.2. The molecule has 4 amide bonds. The molecule has 3 aromatic carbocycles. The number of aryl methyl sites for hydroxylation is 1. The van der Waals surface area contributed by atoms with Gasteiger partial charge in [-0.25, -0.2) is 18.4 Å². The number of carbonyl (C=O) groups is 4. The van der Waals surface area contributed by atoms with Gasteiger partial charge < -0.3 is 64.8 Å². The van der Waals surface area contributed by atoms with Gasteiger partial charge in [0.05, 0.1) is 116 Å². The Morgan fingerprint density at radius 2 is 1.46 bits per heavy atom. The van der Waals surface area contributed by atoms with Gasteiger partial charge in [-0.1, -0.05) is 68.8 Å². The highest BCUT2D eigenvalue weighted by Crippen LogP contribution is 2.36. The van der Waals surface area contributed by atoms with Crippen molar-refractivity contribution >= 4 is 85.2 Å². The summed E-state index contributed by atoms with van der Waals surface area (Å²) in [6, 6.07) is 19.1. The SMILES string of the molecule is COc1cc(N2CCC(N3CCN(C(=O)CCOCCOCCOCCOCCC(=O)N[C@H](C(=O)N4C[C@H](O)C[C@H]4C(=O)NCc4ccc(-c5scnc5C)cc4)C(C)(C)C)CC3)CC2)ccc1Nc1ncc(Cl)c(Nc2ccccc2S(=O)(=O)C(C)C)n1. The number of aliphatic hydroxyl groups is 1. The van der Waals surface area contributed by atoms with Gasteiger partial charge in [0.25, 0.3) is 0 Å². The Hall–Kier alpha value is -6.55. The van der Waals surface area contributed by atoms with Crippen molar-refractivity contribution in [3.63, 3.8) is 0 Å². The fourth-order valence-electron chi connectivity index (χ4n) is 10.9. The second-order valence-corrected chi connectivity index (χ2v) is 27.4. The molecule has 89 heavy (non-hydrogen) atoms. The first-order valence-electron chi connectivity index (χ1n) is 30.4. The number of para-hydroxylation sites is 1. The summed E-state index contributed by atoms with van der Waals surface area (Å²) in [5.74, 6) is 0.0104. The van der Waals surface area contributed by atoms with Crippen LogP contribution in [0.3, 0.4) is 0 Å². The number of halogens is 1. The Labute approximate surface area is 531 Å². The number of likely N-dealkylation sites (tertiary alicyclic amines) is 1. The number of nitrogens with one attached hydrogen (secondary N) is 4. The molecule has 8 rings (SSSR count). The molecular formula is C63H86ClN11O12S2. The van der Waals surface area contributed by atoms with Gasteiger partial charge in [-0.2, -0.15) is 4.98 Å². The first kappa shape index (κ1) is 68.4. The second-order valence-electron chi connectivity index (χ2n) is 23.6. The van der Waals surface area contributed by atoms with E-state index in [1.54, 1.807) is 56.6 Å². The lowest BCUT2D eigenvalue weighted by Gasteiger charge is -2.43. The fraction of sp³-hybridized carbons (Fsp3) is 0.540. The minimum absolute atomic E-state index is 0.0142. The van der Waals surface area contributed by atoms with Gasteiger partial charge in [0.15, 0.2) is 15.7 Å². The highest BCUT2D eigenvalue weighted by molar-refractivity contribution is 7.92. The maximum absolute atomic E-state index is 14.0. The average molecular weight is 1290 g/mol. The highest BCUT2D eigenvalue weighted by atomic mass is 35.5. The quantitative estimate of drug-likeness (QED) is 0.0289. The summed E-state index contributed by atoms with van der Waals surface area (Å²) >= 11 is 8.05. The Balaban J connectivity index is 0.639. The summed E-state index contributed by atoms with van der Waals surface area (Å²) in [6.07, 6.45) is 2.97. The van der Waals surface area contributed by atoms with Crippen molar-refractivity contribution in [3.8, 4) is 16.2 Å². The van der Waals surface area contributed by atoms with Crippen LogP contribution in [0, 0.1) is 12.3 Å². The molecule has 484 valence electrons. The van der Waals surface area contributed by atoms with Crippen LogP contribution in [0.15, 0.2) is 83.3 Å².